The molecule has 2 atom stereocenters. The minimum absolute atomic E-state index is 0.000475. The molecule has 0 amide bonds. The third kappa shape index (κ3) is 14.0. The van der Waals surface area contributed by atoms with Crippen molar-refractivity contribution < 1.29 is 75.8 Å². The minimum atomic E-state index is -4.65. The molecule has 0 saturated carbocycles. The fourth-order valence-corrected chi connectivity index (χ4v) is 11.6. The van der Waals surface area contributed by atoms with E-state index in [1.165, 1.54) is 24.3 Å². The molecule has 0 spiro atoms. The van der Waals surface area contributed by atoms with Crippen LogP contribution in [0.15, 0.2) is 92.4 Å². The summed E-state index contributed by atoms with van der Waals surface area (Å²) in [6.07, 6.45) is 10.9. The molecular weight excluding hydrogens is 988 g/mol. The Morgan fingerprint density at radius 2 is 1.38 bits per heavy atom. The Bertz CT molecular complexity index is 2860. The number of nitrogens with zero attached hydrogens (tertiary/aromatic N) is 2. The van der Waals surface area contributed by atoms with Crippen molar-refractivity contribution in [3.63, 3.8) is 0 Å². The zero-order valence-electron chi connectivity index (χ0n) is 38.1. The van der Waals surface area contributed by atoms with Crippen LogP contribution in [0.1, 0.15) is 95.6 Å². The Labute approximate surface area is 404 Å². The summed E-state index contributed by atoms with van der Waals surface area (Å²) in [5.41, 5.74) is 2.89. The molecule has 2 aromatic rings. The molecule has 0 saturated heterocycles. The van der Waals surface area contributed by atoms with E-state index >= 15 is 0 Å². The van der Waals surface area contributed by atoms with Crippen molar-refractivity contribution in [2.75, 3.05) is 56.4 Å². The average Bonchev–Trinajstić information content (AvgIpc) is 3.60. The van der Waals surface area contributed by atoms with Gasteiger partial charge in [0.05, 0.1) is 46.5 Å². The number of unbranched alkanes of at least 4 members (excludes halogenated alkanes) is 2. The Morgan fingerprint density at radius 1 is 0.765 bits per heavy atom. The lowest BCUT2D eigenvalue weighted by Crippen LogP contribution is -2.32. The maximum atomic E-state index is 12.4. The molecule has 5 rings (SSSR count). The second-order valence-electron chi connectivity index (χ2n) is 17.5. The largest absolute Gasteiger partial charge is 0.481 e. The summed E-state index contributed by atoms with van der Waals surface area (Å²) in [6, 6.07) is 8.40. The van der Waals surface area contributed by atoms with Crippen LogP contribution in [0.4, 0.5) is 11.4 Å². The number of aliphatic carboxylic acids is 1. The number of carbonyl (C=O) groups is 1. The molecule has 0 radical (unpaired) electrons. The van der Waals surface area contributed by atoms with Gasteiger partial charge < -0.3 is 19.5 Å². The van der Waals surface area contributed by atoms with Crippen LogP contribution in [0.2, 0.25) is 0 Å². The standard InChI is InChI=1S/C45H59ClN2O16S4/c1-44(21-8-28-65(51,52)53)36-30-34(67(57,58)59)15-17-38(36)47(23-6-4-5-12-42(49)50)40(44)19-13-32-10-7-11-33(43(32)46)14-20-41-45(2,22-9-29-66(54,55)56)37-31-35(68(60,61)62)16-18-39(37)48(41)24-25-64-27-26-63-3/h13-20,30-31H,4-12,21-29H2,1-3H3,(H4-,49,50,51,52,53,54,55,56,57,58,59,60,61,62)/p+1. The third-order valence-electron chi connectivity index (χ3n) is 12.7. The van der Waals surface area contributed by atoms with Crippen molar-refractivity contribution in [2.45, 2.75) is 105 Å². The van der Waals surface area contributed by atoms with Crippen molar-refractivity contribution >= 4 is 75.1 Å². The smallest absolute Gasteiger partial charge is 0.303 e. The first-order valence-electron chi connectivity index (χ1n) is 22.0. The molecular formula is C45H60ClN2O16S4+. The molecule has 0 aromatic heterocycles. The number of anilines is 1. The van der Waals surface area contributed by atoms with E-state index in [0.717, 1.165) is 11.1 Å². The van der Waals surface area contributed by atoms with E-state index in [2.05, 4.69) is 0 Å². The van der Waals surface area contributed by atoms with E-state index in [4.69, 9.17) is 21.1 Å². The summed E-state index contributed by atoms with van der Waals surface area (Å²) in [5.74, 6) is -2.04. The number of ether oxygens (including phenoxy) is 2. The van der Waals surface area contributed by atoms with Crippen molar-refractivity contribution in [3.05, 3.63) is 93.7 Å². The summed E-state index contributed by atoms with van der Waals surface area (Å²) < 4.78 is 149. The predicted molar refractivity (Wildman–Crippen MR) is 256 cm³/mol. The molecule has 2 unspecified atom stereocenters. The van der Waals surface area contributed by atoms with E-state index in [9.17, 15) is 61.8 Å². The van der Waals surface area contributed by atoms with Gasteiger partial charge in [-0.2, -0.15) is 38.2 Å². The van der Waals surface area contributed by atoms with Crippen LogP contribution in [-0.4, -0.2) is 125 Å². The summed E-state index contributed by atoms with van der Waals surface area (Å²) in [4.78, 5) is 12.4. The highest BCUT2D eigenvalue weighted by Crippen LogP contribution is 2.52. The molecule has 376 valence electrons. The molecule has 1 aliphatic carbocycles. The monoisotopic (exact) mass is 1050 g/mol. The Morgan fingerprint density at radius 3 is 1.99 bits per heavy atom. The van der Waals surface area contributed by atoms with Gasteiger partial charge in [-0.3, -0.25) is 23.0 Å². The van der Waals surface area contributed by atoms with Crippen LogP contribution in [0.25, 0.3) is 0 Å². The summed E-state index contributed by atoms with van der Waals surface area (Å²) in [7, 11) is -16.5. The van der Waals surface area contributed by atoms with Gasteiger partial charge in [-0.25, -0.2) is 0 Å². The molecule has 23 heteroatoms. The second-order valence-corrected chi connectivity index (χ2v) is 23.9. The molecule has 2 heterocycles. The van der Waals surface area contributed by atoms with Gasteiger partial charge in [0.15, 0.2) is 5.71 Å². The van der Waals surface area contributed by atoms with Gasteiger partial charge >= 0.3 is 5.97 Å². The maximum absolute atomic E-state index is 12.4. The summed E-state index contributed by atoms with van der Waals surface area (Å²) in [6.45, 7) is 5.18. The zero-order chi connectivity index (χ0) is 50.3. The summed E-state index contributed by atoms with van der Waals surface area (Å²) in [5, 5.41) is 9.62. The van der Waals surface area contributed by atoms with Gasteiger partial charge in [0, 0.05) is 66.0 Å². The lowest BCUT2D eigenvalue weighted by molar-refractivity contribution is -0.438. The van der Waals surface area contributed by atoms with Crippen molar-refractivity contribution in [1.82, 2.24) is 0 Å². The van der Waals surface area contributed by atoms with E-state index in [1.54, 1.807) is 19.2 Å². The highest BCUT2D eigenvalue weighted by atomic mass is 35.5. The molecule has 18 nitrogen and oxygen atoms in total. The number of halogens is 1. The van der Waals surface area contributed by atoms with E-state index < -0.39 is 68.8 Å². The van der Waals surface area contributed by atoms with Crippen LogP contribution in [0.3, 0.4) is 0 Å². The topological polar surface area (TPSA) is 279 Å². The maximum Gasteiger partial charge on any atom is 0.303 e. The molecule has 0 fully saturated rings. The van der Waals surface area contributed by atoms with Crippen LogP contribution in [-0.2, 0) is 65.6 Å². The van der Waals surface area contributed by atoms with Gasteiger partial charge in [0.1, 0.15) is 6.54 Å². The van der Waals surface area contributed by atoms with E-state index in [0.29, 0.717) is 97.2 Å². The highest BCUT2D eigenvalue weighted by Gasteiger charge is 2.48. The van der Waals surface area contributed by atoms with Gasteiger partial charge in [0.2, 0.25) is 5.69 Å². The average molecular weight is 1050 g/mol. The number of allylic oxidation sites excluding steroid dienone is 8. The lowest BCUT2D eigenvalue weighted by Gasteiger charge is -2.30. The van der Waals surface area contributed by atoms with Gasteiger partial charge in [-0.15, -0.1) is 0 Å². The van der Waals surface area contributed by atoms with Crippen molar-refractivity contribution in [2.24, 2.45) is 0 Å². The second kappa shape index (κ2) is 22.5. The normalized spacial score (nSPS) is 21.4. The van der Waals surface area contributed by atoms with E-state index in [1.807, 2.05) is 47.6 Å². The predicted octanol–water partition coefficient (Wildman–Crippen LogP) is 7.00. The first-order valence-corrected chi connectivity index (χ1v) is 28.5. The molecule has 2 aromatic carbocycles. The number of hydrogen-bond acceptors (Lipinski definition) is 12. The van der Waals surface area contributed by atoms with Gasteiger partial charge in [-0.1, -0.05) is 23.8 Å². The molecule has 2 aliphatic heterocycles. The van der Waals surface area contributed by atoms with Crippen LogP contribution >= 0.6 is 11.6 Å². The SMILES string of the molecule is COCCOCCN1/C(=C/C=C2\CCCC(/C=C/C3=[N+](CCCCCC(=O)O)c4ccc(S(=O)(=O)O)cc4C3(C)CCCS(=O)(=O)O)=C2Cl)C(C)(CCCS(=O)(=O)O)c2cc(S(=O)(=O)O)ccc21. The molecule has 0 bridgehead atoms. The molecule has 68 heavy (non-hydrogen) atoms. The highest BCUT2D eigenvalue weighted by molar-refractivity contribution is 7.86. The zero-order valence-corrected chi connectivity index (χ0v) is 42.2. The quantitative estimate of drug-likeness (QED) is 0.0380. The van der Waals surface area contributed by atoms with Gasteiger partial charge in [0.25, 0.3) is 40.5 Å². The molecule has 3 aliphatic rings. The minimum Gasteiger partial charge on any atom is -0.481 e. The van der Waals surface area contributed by atoms with Crippen molar-refractivity contribution in [1.29, 1.82) is 0 Å². The number of methoxy groups -OCH3 is 1. The van der Waals surface area contributed by atoms with Crippen LogP contribution in [0.5, 0.6) is 0 Å². The molecule has 5 N–H and O–H groups in total. The number of carboxylic acids is 1. The van der Waals surface area contributed by atoms with E-state index in [-0.39, 0.29) is 55.0 Å². The lowest BCUT2D eigenvalue weighted by atomic mass is 9.75. The Hall–Kier alpha value is -3.81. The first-order chi connectivity index (χ1) is 31.7. The van der Waals surface area contributed by atoms with Crippen LogP contribution in [0, 0.1) is 0 Å². The number of benzene rings is 2. The number of fused-ring (bicyclic) bond motifs is 2. The Balaban J connectivity index is 1.62. The summed E-state index contributed by atoms with van der Waals surface area (Å²) >= 11 is 7.24. The number of rotatable bonds is 25. The number of carboxylic acid groups (broad SMARTS) is 1. The Kier molecular flexibility index (Phi) is 18.2. The first kappa shape index (κ1) is 55.1. The van der Waals surface area contributed by atoms with Crippen molar-refractivity contribution in [3.8, 4) is 0 Å². The fourth-order valence-electron chi connectivity index (χ4n) is 9.30. The fraction of sp³-hybridized carbons (Fsp3) is 0.511. The van der Waals surface area contributed by atoms with Crippen LogP contribution < -0.4 is 4.90 Å². The number of hydrogen-bond donors (Lipinski definition) is 5. The third-order valence-corrected chi connectivity index (χ3v) is 16.5. The van der Waals surface area contributed by atoms with Gasteiger partial charge in [-0.05, 0) is 125 Å².